The van der Waals surface area contributed by atoms with Crippen molar-refractivity contribution in [1.82, 2.24) is 9.55 Å². The van der Waals surface area contributed by atoms with Gasteiger partial charge in [0.05, 0.1) is 5.52 Å². The van der Waals surface area contributed by atoms with Gasteiger partial charge in [0.1, 0.15) is 11.3 Å². The van der Waals surface area contributed by atoms with Gasteiger partial charge in [-0.05, 0) is 18.3 Å². The van der Waals surface area contributed by atoms with E-state index in [2.05, 4.69) is 18.8 Å². The fraction of sp³-hybridized carbons (Fsp3) is 0.500. The van der Waals surface area contributed by atoms with Crippen LogP contribution >= 0.6 is 0 Å². The number of halogens is 2. The number of fused-ring (bicyclic) bond motifs is 1. The maximum Gasteiger partial charge on any atom is 0.201 e. The highest BCUT2D eigenvalue weighted by molar-refractivity contribution is 5.79. The molecule has 1 fully saturated rings. The Morgan fingerprint density at radius 3 is 2.74 bits per heavy atom. The van der Waals surface area contributed by atoms with Crippen LogP contribution in [0.2, 0.25) is 0 Å². The third kappa shape index (κ3) is 1.79. The molecule has 2 N–H and O–H groups in total. The molecule has 1 unspecified atom stereocenters. The van der Waals surface area contributed by atoms with Crippen molar-refractivity contribution in [3.05, 3.63) is 23.8 Å². The van der Waals surface area contributed by atoms with Crippen molar-refractivity contribution in [1.29, 1.82) is 0 Å². The lowest BCUT2D eigenvalue weighted by atomic mass is 9.87. The predicted molar refractivity (Wildman–Crippen MR) is 70.7 cm³/mol. The fourth-order valence-corrected chi connectivity index (χ4v) is 3.25. The van der Waals surface area contributed by atoms with E-state index in [1.54, 1.807) is 4.57 Å². The average molecular weight is 265 g/mol. The standard InChI is InChI=1S/C14H17F2N3/c1-14(2)5-3-4-11(14)19-10-7-8(15)6-9(16)12(10)18-13(19)17/h6-7,11H,3-5H2,1-2H3,(H2,17,18). The van der Waals surface area contributed by atoms with Crippen LogP contribution < -0.4 is 5.73 Å². The van der Waals surface area contributed by atoms with Crippen LogP contribution in [0.4, 0.5) is 14.7 Å². The maximum atomic E-state index is 13.7. The molecular weight excluding hydrogens is 248 g/mol. The Balaban J connectivity index is 2.26. The molecule has 1 aliphatic rings. The van der Waals surface area contributed by atoms with E-state index in [-0.39, 0.29) is 22.9 Å². The molecule has 19 heavy (non-hydrogen) atoms. The van der Waals surface area contributed by atoms with E-state index in [0.717, 1.165) is 25.3 Å². The summed E-state index contributed by atoms with van der Waals surface area (Å²) >= 11 is 0. The second kappa shape index (κ2) is 3.92. The number of aromatic nitrogens is 2. The highest BCUT2D eigenvalue weighted by Gasteiger charge is 2.37. The minimum absolute atomic E-state index is 0.0601. The second-order valence-electron chi connectivity index (χ2n) is 5.99. The number of hydrogen-bond acceptors (Lipinski definition) is 2. The Morgan fingerprint density at radius 2 is 2.11 bits per heavy atom. The molecule has 1 aromatic carbocycles. The van der Waals surface area contributed by atoms with E-state index in [1.165, 1.54) is 6.07 Å². The summed E-state index contributed by atoms with van der Waals surface area (Å²) in [4.78, 5) is 4.06. The van der Waals surface area contributed by atoms with Gasteiger partial charge < -0.3 is 10.3 Å². The van der Waals surface area contributed by atoms with Crippen LogP contribution in [0.15, 0.2) is 12.1 Å². The molecule has 2 aromatic rings. The number of anilines is 1. The Labute approximate surface area is 110 Å². The van der Waals surface area contributed by atoms with Gasteiger partial charge in [0.15, 0.2) is 5.82 Å². The minimum Gasteiger partial charge on any atom is -0.369 e. The van der Waals surface area contributed by atoms with Crippen molar-refractivity contribution in [2.75, 3.05) is 5.73 Å². The van der Waals surface area contributed by atoms with Crippen molar-refractivity contribution < 1.29 is 8.78 Å². The van der Waals surface area contributed by atoms with Crippen molar-refractivity contribution in [2.24, 2.45) is 5.41 Å². The van der Waals surface area contributed by atoms with Crippen LogP contribution in [-0.2, 0) is 0 Å². The zero-order chi connectivity index (χ0) is 13.8. The Hall–Kier alpha value is -1.65. The molecule has 3 nitrogen and oxygen atoms in total. The summed E-state index contributed by atoms with van der Waals surface area (Å²) in [5, 5.41) is 0. The van der Waals surface area contributed by atoms with Gasteiger partial charge in [0, 0.05) is 18.2 Å². The van der Waals surface area contributed by atoms with Crippen LogP contribution in [0.5, 0.6) is 0 Å². The number of nitrogen functional groups attached to an aromatic ring is 1. The Kier molecular flexibility index (Phi) is 2.56. The first-order valence-electron chi connectivity index (χ1n) is 6.52. The number of benzene rings is 1. The van der Waals surface area contributed by atoms with Gasteiger partial charge in [-0.1, -0.05) is 20.3 Å². The van der Waals surface area contributed by atoms with Crippen molar-refractivity contribution >= 4 is 17.0 Å². The van der Waals surface area contributed by atoms with Gasteiger partial charge in [-0.15, -0.1) is 0 Å². The van der Waals surface area contributed by atoms with Crippen LogP contribution in [0.3, 0.4) is 0 Å². The van der Waals surface area contributed by atoms with Crippen LogP contribution in [0.1, 0.15) is 39.2 Å². The number of rotatable bonds is 1. The summed E-state index contributed by atoms with van der Waals surface area (Å²) in [5.41, 5.74) is 6.60. The van der Waals surface area contributed by atoms with E-state index in [1.807, 2.05) is 0 Å². The third-order valence-corrected chi connectivity index (χ3v) is 4.25. The molecule has 0 amide bonds. The second-order valence-corrected chi connectivity index (χ2v) is 5.99. The summed E-state index contributed by atoms with van der Waals surface area (Å²) in [6.07, 6.45) is 3.13. The molecule has 1 heterocycles. The van der Waals surface area contributed by atoms with E-state index in [0.29, 0.717) is 5.52 Å². The number of nitrogens with zero attached hydrogens (tertiary/aromatic N) is 2. The monoisotopic (exact) mass is 265 g/mol. The first-order valence-corrected chi connectivity index (χ1v) is 6.52. The largest absolute Gasteiger partial charge is 0.369 e. The van der Waals surface area contributed by atoms with Crippen molar-refractivity contribution in [3.8, 4) is 0 Å². The first kappa shape index (κ1) is 12.4. The minimum atomic E-state index is -0.656. The van der Waals surface area contributed by atoms with Gasteiger partial charge in [0.2, 0.25) is 5.95 Å². The van der Waals surface area contributed by atoms with Crippen LogP contribution in [0.25, 0.3) is 11.0 Å². The Morgan fingerprint density at radius 1 is 1.37 bits per heavy atom. The molecule has 0 bridgehead atoms. The average Bonchev–Trinajstić information content (AvgIpc) is 2.78. The Bertz CT molecular complexity index is 646. The van der Waals surface area contributed by atoms with Crippen molar-refractivity contribution in [3.63, 3.8) is 0 Å². The molecule has 1 saturated carbocycles. The topological polar surface area (TPSA) is 43.8 Å². The lowest BCUT2D eigenvalue weighted by Crippen LogP contribution is -2.22. The van der Waals surface area contributed by atoms with Crippen LogP contribution in [-0.4, -0.2) is 9.55 Å². The predicted octanol–water partition coefficient (Wildman–Crippen LogP) is 3.65. The summed E-state index contributed by atoms with van der Waals surface area (Å²) in [7, 11) is 0. The van der Waals surface area contributed by atoms with Crippen molar-refractivity contribution in [2.45, 2.75) is 39.2 Å². The highest BCUT2D eigenvalue weighted by Crippen LogP contribution is 2.47. The zero-order valence-corrected chi connectivity index (χ0v) is 11.1. The van der Waals surface area contributed by atoms with Gasteiger partial charge >= 0.3 is 0 Å². The third-order valence-electron chi connectivity index (χ3n) is 4.25. The summed E-state index contributed by atoms with van der Waals surface area (Å²) < 4.78 is 29.0. The quantitative estimate of drug-likeness (QED) is 0.855. The molecule has 0 aliphatic heterocycles. The normalized spacial score (nSPS) is 22.2. The summed E-state index contributed by atoms with van der Waals surface area (Å²) in [6.45, 7) is 4.32. The molecule has 0 radical (unpaired) electrons. The smallest absolute Gasteiger partial charge is 0.201 e. The molecule has 1 aromatic heterocycles. The molecule has 5 heteroatoms. The SMILES string of the molecule is CC1(C)CCCC1n1c(N)nc2c(F)cc(F)cc21. The molecule has 1 aliphatic carbocycles. The van der Waals surface area contributed by atoms with Gasteiger partial charge in [-0.25, -0.2) is 13.8 Å². The molecule has 0 saturated heterocycles. The summed E-state index contributed by atoms with van der Waals surface area (Å²) in [5.74, 6) is -0.988. The van der Waals surface area contributed by atoms with E-state index >= 15 is 0 Å². The van der Waals surface area contributed by atoms with Gasteiger partial charge in [-0.2, -0.15) is 0 Å². The van der Waals surface area contributed by atoms with E-state index in [4.69, 9.17) is 5.73 Å². The maximum absolute atomic E-state index is 13.7. The number of hydrogen-bond donors (Lipinski definition) is 1. The number of nitrogens with two attached hydrogens (primary N) is 1. The fourth-order valence-electron chi connectivity index (χ4n) is 3.25. The highest BCUT2D eigenvalue weighted by atomic mass is 19.1. The van der Waals surface area contributed by atoms with E-state index in [9.17, 15) is 8.78 Å². The number of imidazole rings is 1. The zero-order valence-electron chi connectivity index (χ0n) is 11.1. The molecular formula is C14H17F2N3. The van der Waals surface area contributed by atoms with Gasteiger partial charge in [0.25, 0.3) is 0 Å². The lowest BCUT2D eigenvalue weighted by molar-refractivity contribution is 0.268. The van der Waals surface area contributed by atoms with Gasteiger partial charge in [-0.3, -0.25) is 0 Å². The first-order chi connectivity index (χ1) is 8.90. The lowest BCUT2D eigenvalue weighted by Gasteiger charge is -2.29. The van der Waals surface area contributed by atoms with E-state index < -0.39 is 11.6 Å². The van der Waals surface area contributed by atoms with Crippen LogP contribution in [0, 0.1) is 17.0 Å². The molecule has 0 spiro atoms. The summed E-state index contributed by atoms with van der Waals surface area (Å²) in [6, 6.07) is 2.30. The molecule has 3 rings (SSSR count). The molecule has 102 valence electrons. The molecule has 1 atom stereocenters.